The number of piperidine rings is 1. The van der Waals surface area contributed by atoms with E-state index in [9.17, 15) is 9.59 Å². The number of amides is 2. The number of carboxylic acid groups (broad SMARTS) is 1. The van der Waals surface area contributed by atoms with Gasteiger partial charge in [0, 0.05) is 25.8 Å². The van der Waals surface area contributed by atoms with Gasteiger partial charge in [-0.25, -0.2) is 4.79 Å². The number of hydrogen-bond donors (Lipinski definition) is 1. The van der Waals surface area contributed by atoms with Gasteiger partial charge in [-0.1, -0.05) is 12.1 Å². The van der Waals surface area contributed by atoms with E-state index in [4.69, 9.17) is 5.11 Å². The molecule has 1 aromatic rings. The Hall–Kier alpha value is -2.04. The summed E-state index contributed by atoms with van der Waals surface area (Å²) in [6.07, 6.45) is 1.06. The fourth-order valence-electron chi connectivity index (χ4n) is 2.48. The molecule has 0 aliphatic carbocycles. The molecule has 20 heavy (non-hydrogen) atoms. The third-order valence-corrected chi connectivity index (χ3v) is 3.79. The van der Waals surface area contributed by atoms with Crippen molar-refractivity contribution in [3.8, 4) is 0 Å². The van der Waals surface area contributed by atoms with E-state index in [0.717, 1.165) is 11.3 Å². The van der Waals surface area contributed by atoms with Crippen LogP contribution in [0.15, 0.2) is 24.3 Å². The third kappa shape index (κ3) is 3.10. The first-order valence-corrected chi connectivity index (χ1v) is 6.81. The molecule has 1 N–H and O–H groups in total. The normalized spacial score (nSPS) is 16.0. The summed E-state index contributed by atoms with van der Waals surface area (Å²) in [4.78, 5) is 26.6. The zero-order valence-electron chi connectivity index (χ0n) is 11.9. The molecule has 5 nitrogen and oxygen atoms in total. The minimum absolute atomic E-state index is 0.0700. The van der Waals surface area contributed by atoms with Gasteiger partial charge >= 0.3 is 12.0 Å². The molecule has 1 aliphatic heterocycles. The van der Waals surface area contributed by atoms with Crippen LogP contribution < -0.4 is 4.90 Å². The maximum atomic E-state index is 12.4. The molecule has 0 unspecified atom stereocenters. The zero-order valence-corrected chi connectivity index (χ0v) is 11.9. The molecule has 0 radical (unpaired) electrons. The van der Waals surface area contributed by atoms with Gasteiger partial charge in [-0.2, -0.15) is 0 Å². The van der Waals surface area contributed by atoms with Crippen molar-refractivity contribution in [1.82, 2.24) is 4.90 Å². The molecule has 108 valence electrons. The highest BCUT2D eigenvalue weighted by Gasteiger charge is 2.28. The molecule has 0 atom stereocenters. The molecule has 1 fully saturated rings. The van der Waals surface area contributed by atoms with Gasteiger partial charge in [-0.05, 0) is 37.5 Å². The van der Waals surface area contributed by atoms with Crippen molar-refractivity contribution in [3.63, 3.8) is 0 Å². The summed E-state index contributed by atoms with van der Waals surface area (Å²) >= 11 is 0. The molecule has 0 spiro atoms. The Labute approximate surface area is 118 Å². The molecule has 1 heterocycles. The van der Waals surface area contributed by atoms with Crippen LogP contribution in [0, 0.1) is 12.8 Å². The summed E-state index contributed by atoms with van der Waals surface area (Å²) in [5.74, 6) is -1.08. The molecule has 1 saturated heterocycles. The standard InChI is InChI=1S/C15H20N2O3/c1-11-4-3-5-13(10-11)16(2)15(20)17-8-6-12(7-9-17)14(18)19/h3-5,10,12H,6-9H2,1-2H3,(H,18,19). The van der Waals surface area contributed by atoms with Gasteiger partial charge in [0.2, 0.25) is 0 Å². The van der Waals surface area contributed by atoms with Crippen LogP contribution in [0.4, 0.5) is 10.5 Å². The Morgan fingerprint density at radius 1 is 1.30 bits per heavy atom. The summed E-state index contributed by atoms with van der Waals surface area (Å²) in [6, 6.07) is 7.70. The second-order valence-corrected chi connectivity index (χ2v) is 5.28. The van der Waals surface area contributed by atoms with Crippen molar-refractivity contribution in [2.24, 2.45) is 5.92 Å². The topological polar surface area (TPSA) is 60.9 Å². The molecule has 0 saturated carbocycles. The van der Waals surface area contributed by atoms with Crippen LogP contribution in [0.5, 0.6) is 0 Å². The lowest BCUT2D eigenvalue weighted by molar-refractivity contribution is -0.143. The van der Waals surface area contributed by atoms with Gasteiger partial charge in [-0.3, -0.25) is 9.69 Å². The largest absolute Gasteiger partial charge is 0.481 e. The summed E-state index contributed by atoms with van der Waals surface area (Å²) in [5, 5.41) is 8.97. The molecule has 1 aliphatic rings. The molecule has 2 rings (SSSR count). The first-order valence-electron chi connectivity index (χ1n) is 6.81. The van der Waals surface area contributed by atoms with Gasteiger partial charge < -0.3 is 10.0 Å². The number of hydrogen-bond acceptors (Lipinski definition) is 2. The van der Waals surface area contributed by atoms with E-state index in [2.05, 4.69) is 0 Å². The summed E-state index contributed by atoms with van der Waals surface area (Å²) < 4.78 is 0. The second-order valence-electron chi connectivity index (χ2n) is 5.28. The van der Waals surface area contributed by atoms with Crippen LogP contribution in [-0.4, -0.2) is 42.1 Å². The first-order chi connectivity index (χ1) is 9.49. The third-order valence-electron chi connectivity index (χ3n) is 3.79. The molecule has 2 amide bonds. The van der Waals surface area contributed by atoms with E-state index in [0.29, 0.717) is 25.9 Å². The number of carbonyl (C=O) groups excluding carboxylic acids is 1. The highest BCUT2D eigenvalue weighted by Crippen LogP contribution is 2.21. The van der Waals surface area contributed by atoms with Gasteiger partial charge in [0.05, 0.1) is 5.92 Å². The van der Waals surface area contributed by atoms with Crippen molar-refractivity contribution >= 4 is 17.7 Å². The maximum absolute atomic E-state index is 12.4. The lowest BCUT2D eigenvalue weighted by Gasteiger charge is -2.33. The summed E-state index contributed by atoms with van der Waals surface area (Å²) in [6.45, 7) is 3.00. The van der Waals surface area contributed by atoms with Crippen LogP contribution >= 0.6 is 0 Å². The molecule has 1 aromatic carbocycles. The SMILES string of the molecule is Cc1cccc(N(C)C(=O)N2CCC(C(=O)O)CC2)c1. The molecular formula is C15H20N2O3. The van der Waals surface area contributed by atoms with Crippen LogP contribution in [0.1, 0.15) is 18.4 Å². The van der Waals surface area contributed by atoms with Crippen molar-refractivity contribution in [1.29, 1.82) is 0 Å². The number of anilines is 1. The number of carbonyl (C=O) groups is 2. The average molecular weight is 276 g/mol. The van der Waals surface area contributed by atoms with E-state index >= 15 is 0 Å². The average Bonchev–Trinajstić information content (AvgIpc) is 2.46. The molecule has 0 bridgehead atoms. The maximum Gasteiger partial charge on any atom is 0.324 e. The van der Waals surface area contributed by atoms with E-state index in [-0.39, 0.29) is 11.9 Å². The molecule has 5 heteroatoms. The van der Waals surface area contributed by atoms with Gasteiger partial charge in [0.15, 0.2) is 0 Å². The number of likely N-dealkylation sites (tertiary alicyclic amines) is 1. The van der Waals surface area contributed by atoms with Crippen molar-refractivity contribution in [2.45, 2.75) is 19.8 Å². The Balaban J connectivity index is 2.00. The zero-order chi connectivity index (χ0) is 14.7. The van der Waals surface area contributed by atoms with E-state index in [1.807, 2.05) is 31.2 Å². The van der Waals surface area contributed by atoms with E-state index in [1.165, 1.54) is 0 Å². The van der Waals surface area contributed by atoms with E-state index < -0.39 is 5.97 Å². The smallest absolute Gasteiger partial charge is 0.324 e. The lowest BCUT2D eigenvalue weighted by Crippen LogP contribution is -2.46. The highest BCUT2D eigenvalue weighted by atomic mass is 16.4. The predicted octanol–water partition coefficient (Wildman–Crippen LogP) is 2.35. The number of benzene rings is 1. The minimum Gasteiger partial charge on any atom is -0.481 e. The van der Waals surface area contributed by atoms with Gasteiger partial charge in [0.25, 0.3) is 0 Å². The van der Waals surface area contributed by atoms with Crippen molar-refractivity contribution in [3.05, 3.63) is 29.8 Å². The highest BCUT2D eigenvalue weighted by molar-refractivity contribution is 5.91. The van der Waals surface area contributed by atoms with Crippen molar-refractivity contribution in [2.75, 3.05) is 25.0 Å². The number of nitrogens with zero attached hydrogens (tertiary/aromatic N) is 2. The van der Waals surface area contributed by atoms with E-state index in [1.54, 1.807) is 16.8 Å². The van der Waals surface area contributed by atoms with Crippen LogP contribution in [-0.2, 0) is 4.79 Å². The van der Waals surface area contributed by atoms with Crippen LogP contribution in [0.2, 0.25) is 0 Å². The second kappa shape index (κ2) is 5.94. The summed E-state index contributed by atoms with van der Waals surface area (Å²) in [5.41, 5.74) is 1.96. The Morgan fingerprint density at radius 2 is 1.95 bits per heavy atom. The van der Waals surface area contributed by atoms with Gasteiger partial charge in [-0.15, -0.1) is 0 Å². The number of carboxylic acids is 1. The number of rotatable bonds is 2. The van der Waals surface area contributed by atoms with Crippen molar-refractivity contribution < 1.29 is 14.7 Å². The Morgan fingerprint density at radius 3 is 2.50 bits per heavy atom. The number of aryl methyl sites for hydroxylation is 1. The summed E-state index contributed by atoms with van der Waals surface area (Å²) in [7, 11) is 1.75. The Bertz CT molecular complexity index is 508. The van der Waals surface area contributed by atoms with Crippen LogP contribution in [0.25, 0.3) is 0 Å². The lowest BCUT2D eigenvalue weighted by atomic mass is 9.97. The molecular weight excluding hydrogens is 256 g/mol. The number of aliphatic carboxylic acids is 1. The monoisotopic (exact) mass is 276 g/mol. The fourth-order valence-corrected chi connectivity index (χ4v) is 2.48. The van der Waals surface area contributed by atoms with Gasteiger partial charge in [0.1, 0.15) is 0 Å². The Kier molecular flexibility index (Phi) is 4.27. The first kappa shape index (κ1) is 14.4. The molecule has 0 aromatic heterocycles. The fraction of sp³-hybridized carbons (Fsp3) is 0.467. The predicted molar refractivity (Wildman–Crippen MR) is 76.9 cm³/mol. The minimum atomic E-state index is -0.760. The number of urea groups is 1. The quantitative estimate of drug-likeness (QED) is 0.902. The van der Waals surface area contributed by atoms with Crippen LogP contribution in [0.3, 0.4) is 0 Å².